The molecular formula is C14H21Cl2NO2S. The average Bonchev–Trinajstić information content (AvgIpc) is 2.31. The van der Waals surface area contributed by atoms with E-state index in [0.717, 1.165) is 0 Å². The monoisotopic (exact) mass is 337 g/mol. The molecule has 0 fully saturated rings. The third kappa shape index (κ3) is 4.62. The summed E-state index contributed by atoms with van der Waals surface area (Å²) >= 11 is 11.8. The molecule has 0 amide bonds. The maximum absolute atomic E-state index is 12.3. The van der Waals surface area contributed by atoms with Gasteiger partial charge in [0.25, 0.3) is 0 Å². The predicted molar refractivity (Wildman–Crippen MR) is 84.8 cm³/mol. The second-order valence-electron chi connectivity index (χ2n) is 5.58. The molecule has 1 rings (SSSR count). The van der Waals surface area contributed by atoms with Gasteiger partial charge >= 0.3 is 0 Å². The molecule has 0 radical (unpaired) electrons. The second kappa shape index (κ2) is 7.12. The number of hydrogen-bond acceptors (Lipinski definition) is 2. The Kier molecular flexibility index (Phi) is 6.32. The normalized spacial score (nSPS) is 12.7. The van der Waals surface area contributed by atoms with Crippen LogP contribution < -0.4 is 4.72 Å². The van der Waals surface area contributed by atoms with Gasteiger partial charge in [-0.1, -0.05) is 50.9 Å². The number of benzene rings is 1. The summed E-state index contributed by atoms with van der Waals surface area (Å²) in [6.07, 6.45) is 0. The van der Waals surface area contributed by atoms with Crippen molar-refractivity contribution >= 4 is 33.2 Å². The van der Waals surface area contributed by atoms with Gasteiger partial charge in [0.1, 0.15) is 4.90 Å². The molecule has 20 heavy (non-hydrogen) atoms. The van der Waals surface area contributed by atoms with Crippen LogP contribution in [0.5, 0.6) is 0 Å². The van der Waals surface area contributed by atoms with Crippen LogP contribution in [0.2, 0.25) is 10.0 Å². The van der Waals surface area contributed by atoms with Crippen molar-refractivity contribution in [2.75, 3.05) is 6.54 Å². The van der Waals surface area contributed by atoms with Gasteiger partial charge in [0.2, 0.25) is 10.0 Å². The highest BCUT2D eigenvalue weighted by Crippen LogP contribution is 2.26. The first-order valence-electron chi connectivity index (χ1n) is 6.60. The first-order chi connectivity index (χ1) is 9.15. The zero-order valence-corrected chi connectivity index (χ0v) is 14.5. The van der Waals surface area contributed by atoms with Gasteiger partial charge in [0, 0.05) is 11.6 Å². The standard InChI is InChI=1S/C14H21Cl2NO2S/c1-9(2)12(10(3)4)8-17-20(18,19)14-7-11(15)5-6-13(14)16/h5-7,9-10,12,17H,8H2,1-4H3. The number of rotatable bonds is 6. The van der Waals surface area contributed by atoms with E-state index in [1.54, 1.807) is 6.07 Å². The lowest BCUT2D eigenvalue weighted by atomic mass is 9.86. The van der Waals surface area contributed by atoms with Gasteiger partial charge in [-0.2, -0.15) is 0 Å². The first-order valence-corrected chi connectivity index (χ1v) is 8.83. The van der Waals surface area contributed by atoms with Crippen LogP contribution in [0.1, 0.15) is 27.7 Å². The van der Waals surface area contributed by atoms with Crippen molar-refractivity contribution in [1.82, 2.24) is 4.72 Å². The minimum atomic E-state index is -3.64. The van der Waals surface area contributed by atoms with Gasteiger partial charge in [-0.05, 0) is 36.0 Å². The maximum atomic E-state index is 12.3. The van der Waals surface area contributed by atoms with Crippen LogP contribution in [0.3, 0.4) is 0 Å². The van der Waals surface area contributed by atoms with Crippen LogP contribution in [-0.2, 0) is 10.0 Å². The summed E-state index contributed by atoms with van der Waals surface area (Å²) in [7, 11) is -3.64. The lowest BCUT2D eigenvalue weighted by Crippen LogP contribution is -2.34. The van der Waals surface area contributed by atoms with E-state index < -0.39 is 10.0 Å². The second-order valence-corrected chi connectivity index (χ2v) is 8.16. The fourth-order valence-electron chi connectivity index (χ4n) is 2.21. The molecule has 1 aromatic carbocycles. The summed E-state index contributed by atoms with van der Waals surface area (Å²) in [6.45, 7) is 8.74. The topological polar surface area (TPSA) is 46.2 Å². The van der Waals surface area contributed by atoms with Crippen LogP contribution in [0.15, 0.2) is 23.1 Å². The van der Waals surface area contributed by atoms with Crippen molar-refractivity contribution in [2.45, 2.75) is 32.6 Å². The van der Waals surface area contributed by atoms with E-state index in [9.17, 15) is 8.42 Å². The van der Waals surface area contributed by atoms with Crippen LogP contribution in [-0.4, -0.2) is 15.0 Å². The van der Waals surface area contributed by atoms with Gasteiger partial charge < -0.3 is 0 Å². The minimum absolute atomic E-state index is 0.0259. The van der Waals surface area contributed by atoms with E-state index >= 15 is 0 Å². The molecule has 0 aliphatic heterocycles. The van der Waals surface area contributed by atoms with Gasteiger partial charge in [0.15, 0.2) is 0 Å². The Bertz CT molecular complexity index is 548. The number of sulfonamides is 1. The Morgan fingerprint density at radius 1 is 1.10 bits per heavy atom. The largest absolute Gasteiger partial charge is 0.242 e. The molecule has 0 aromatic heterocycles. The molecule has 0 spiro atoms. The maximum Gasteiger partial charge on any atom is 0.242 e. The van der Waals surface area contributed by atoms with Crippen molar-refractivity contribution in [3.8, 4) is 0 Å². The number of halogens is 2. The predicted octanol–water partition coefficient (Wildman–Crippen LogP) is 4.20. The molecule has 0 atom stereocenters. The molecule has 6 heteroatoms. The zero-order chi connectivity index (χ0) is 15.5. The Morgan fingerprint density at radius 3 is 2.15 bits per heavy atom. The molecule has 3 nitrogen and oxygen atoms in total. The Hall–Kier alpha value is -0.290. The lowest BCUT2D eigenvalue weighted by molar-refractivity contribution is 0.289. The quantitative estimate of drug-likeness (QED) is 0.845. The highest BCUT2D eigenvalue weighted by atomic mass is 35.5. The fraction of sp³-hybridized carbons (Fsp3) is 0.571. The highest BCUT2D eigenvalue weighted by molar-refractivity contribution is 7.89. The molecule has 0 saturated heterocycles. The van der Waals surface area contributed by atoms with Crippen molar-refractivity contribution in [3.05, 3.63) is 28.2 Å². The zero-order valence-electron chi connectivity index (χ0n) is 12.2. The van der Waals surface area contributed by atoms with Crippen LogP contribution in [0.25, 0.3) is 0 Å². The van der Waals surface area contributed by atoms with Gasteiger partial charge in [-0.3, -0.25) is 0 Å². The molecule has 1 N–H and O–H groups in total. The van der Waals surface area contributed by atoms with E-state index in [1.807, 2.05) is 0 Å². The molecule has 114 valence electrons. The summed E-state index contributed by atoms with van der Waals surface area (Å²) in [6, 6.07) is 4.42. The third-order valence-corrected chi connectivity index (χ3v) is 5.54. The summed E-state index contributed by atoms with van der Waals surface area (Å²) in [5.41, 5.74) is 0. The third-order valence-electron chi connectivity index (χ3n) is 3.40. The highest BCUT2D eigenvalue weighted by Gasteiger charge is 2.23. The van der Waals surface area contributed by atoms with Crippen LogP contribution in [0.4, 0.5) is 0 Å². The molecule has 0 aliphatic carbocycles. The Morgan fingerprint density at radius 2 is 1.65 bits per heavy atom. The van der Waals surface area contributed by atoms with Crippen LogP contribution >= 0.6 is 23.2 Å². The van der Waals surface area contributed by atoms with E-state index in [-0.39, 0.29) is 15.8 Å². The Balaban J connectivity index is 2.93. The van der Waals surface area contributed by atoms with Gasteiger partial charge in [0.05, 0.1) is 5.02 Å². The van der Waals surface area contributed by atoms with Gasteiger partial charge in [-0.15, -0.1) is 0 Å². The molecule has 1 aromatic rings. The smallest absolute Gasteiger partial charge is 0.211 e. The van der Waals surface area contributed by atoms with E-state index in [2.05, 4.69) is 32.4 Å². The summed E-state index contributed by atoms with van der Waals surface area (Å²) < 4.78 is 27.2. The Labute approximate surface area is 131 Å². The number of nitrogens with one attached hydrogen (secondary N) is 1. The number of hydrogen-bond donors (Lipinski definition) is 1. The van der Waals surface area contributed by atoms with Crippen molar-refractivity contribution in [1.29, 1.82) is 0 Å². The minimum Gasteiger partial charge on any atom is -0.211 e. The fourth-order valence-corrected chi connectivity index (χ4v) is 4.04. The van der Waals surface area contributed by atoms with Crippen molar-refractivity contribution < 1.29 is 8.42 Å². The van der Waals surface area contributed by atoms with Crippen LogP contribution in [0, 0.1) is 17.8 Å². The first kappa shape index (κ1) is 17.8. The lowest BCUT2D eigenvalue weighted by Gasteiger charge is -2.25. The molecule has 0 heterocycles. The van der Waals surface area contributed by atoms with E-state index in [4.69, 9.17) is 23.2 Å². The van der Waals surface area contributed by atoms with Gasteiger partial charge in [-0.25, -0.2) is 13.1 Å². The van der Waals surface area contributed by atoms with Crippen molar-refractivity contribution in [2.24, 2.45) is 17.8 Å². The molecule has 0 saturated carbocycles. The molecular weight excluding hydrogens is 317 g/mol. The molecule has 0 bridgehead atoms. The summed E-state index contributed by atoms with van der Waals surface area (Å²) in [4.78, 5) is 0.0259. The summed E-state index contributed by atoms with van der Waals surface area (Å²) in [5.74, 6) is 1.06. The average molecular weight is 338 g/mol. The van der Waals surface area contributed by atoms with E-state index in [0.29, 0.717) is 23.4 Å². The van der Waals surface area contributed by atoms with Crippen molar-refractivity contribution in [3.63, 3.8) is 0 Å². The summed E-state index contributed by atoms with van der Waals surface area (Å²) in [5, 5.41) is 0.520. The molecule has 0 aliphatic rings. The molecule has 0 unspecified atom stereocenters. The van der Waals surface area contributed by atoms with E-state index in [1.165, 1.54) is 12.1 Å². The SMILES string of the molecule is CC(C)C(CNS(=O)(=O)c1cc(Cl)ccc1Cl)C(C)C.